The van der Waals surface area contributed by atoms with Gasteiger partial charge >= 0.3 is 12.1 Å². The van der Waals surface area contributed by atoms with Crippen molar-refractivity contribution in [1.29, 1.82) is 0 Å². The highest BCUT2D eigenvalue weighted by Crippen LogP contribution is 2.29. The SMILES string of the molecule is O=C(O)CNC(=O)c1cnc(NS(=O)(=O)c2ccc(C(F)(F)F)cc2)[nH]c1=O. The van der Waals surface area contributed by atoms with Crippen LogP contribution in [0.2, 0.25) is 0 Å². The molecule has 150 valence electrons. The number of hydrogen-bond donors (Lipinski definition) is 4. The number of aromatic nitrogens is 2. The number of anilines is 1. The molecule has 0 aliphatic heterocycles. The summed E-state index contributed by atoms with van der Waals surface area (Å²) in [5.41, 5.74) is -2.68. The highest BCUT2D eigenvalue weighted by Gasteiger charge is 2.30. The number of benzene rings is 1. The first-order valence-corrected chi connectivity index (χ1v) is 8.68. The minimum absolute atomic E-state index is 0.522. The second-order valence-corrected chi connectivity index (χ2v) is 6.86. The number of aromatic amines is 1. The van der Waals surface area contributed by atoms with Gasteiger partial charge in [0.25, 0.3) is 21.5 Å². The molecule has 28 heavy (non-hydrogen) atoms. The van der Waals surface area contributed by atoms with E-state index < -0.39 is 62.2 Å². The van der Waals surface area contributed by atoms with E-state index in [4.69, 9.17) is 5.11 Å². The summed E-state index contributed by atoms with van der Waals surface area (Å²) in [6.45, 7) is -0.749. The second kappa shape index (κ2) is 7.67. The third-order valence-electron chi connectivity index (χ3n) is 3.17. The molecular formula is C14H11F3N4O6S. The van der Waals surface area contributed by atoms with E-state index in [1.165, 1.54) is 0 Å². The largest absolute Gasteiger partial charge is 0.480 e. The number of rotatable bonds is 6. The Kier molecular flexibility index (Phi) is 5.72. The summed E-state index contributed by atoms with van der Waals surface area (Å²) in [5, 5.41) is 10.4. The van der Waals surface area contributed by atoms with Crippen LogP contribution in [-0.2, 0) is 21.0 Å². The summed E-state index contributed by atoms with van der Waals surface area (Å²) >= 11 is 0. The Hall–Kier alpha value is -3.42. The van der Waals surface area contributed by atoms with Gasteiger partial charge in [-0.2, -0.15) is 13.2 Å². The Morgan fingerprint density at radius 1 is 1.18 bits per heavy atom. The van der Waals surface area contributed by atoms with E-state index >= 15 is 0 Å². The van der Waals surface area contributed by atoms with E-state index in [1.54, 1.807) is 0 Å². The molecule has 4 N–H and O–H groups in total. The van der Waals surface area contributed by atoms with E-state index in [0.29, 0.717) is 18.3 Å². The molecule has 0 saturated heterocycles. The van der Waals surface area contributed by atoms with E-state index in [1.807, 2.05) is 15.0 Å². The lowest BCUT2D eigenvalue weighted by Gasteiger charge is -2.10. The molecule has 1 amide bonds. The number of H-pyrrole nitrogens is 1. The molecule has 14 heteroatoms. The van der Waals surface area contributed by atoms with Gasteiger partial charge < -0.3 is 10.4 Å². The van der Waals surface area contributed by atoms with Crippen LogP contribution in [0.4, 0.5) is 19.1 Å². The average Bonchev–Trinajstić information content (AvgIpc) is 2.59. The number of sulfonamides is 1. The standard InChI is InChI=1S/C14H11F3N4O6S/c15-14(16,17)7-1-3-8(4-2-7)28(26,27)21-13-19-5-9(12(25)20-13)11(24)18-6-10(22)23/h1-5H,6H2,(H,18,24)(H,22,23)(H2,19,20,21,25). The zero-order valence-electron chi connectivity index (χ0n) is 13.6. The van der Waals surface area contributed by atoms with Gasteiger partial charge in [0.05, 0.1) is 10.5 Å². The summed E-state index contributed by atoms with van der Waals surface area (Å²) < 4.78 is 63.8. The number of carboxylic acid groups (broad SMARTS) is 1. The van der Waals surface area contributed by atoms with Crippen LogP contribution in [0.1, 0.15) is 15.9 Å². The van der Waals surface area contributed by atoms with Gasteiger partial charge in [-0.05, 0) is 24.3 Å². The van der Waals surface area contributed by atoms with Crippen molar-refractivity contribution >= 4 is 27.8 Å². The first-order chi connectivity index (χ1) is 12.9. The minimum Gasteiger partial charge on any atom is -0.480 e. The maximum atomic E-state index is 12.5. The van der Waals surface area contributed by atoms with E-state index in [-0.39, 0.29) is 0 Å². The lowest BCUT2D eigenvalue weighted by molar-refractivity contribution is -0.138. The molecule has 2 rings (SSSR count). The maximum Gasteiger partial charge on any atom is 0.416 e. The number of carbonyl (C=O) groups is 2. The predicted molar refractivity (Wildman–Crippen MR) is 87.1 cm³/mol. The van der Waals surface area contributed by atoms with Crippen LogP contribution in [0.25, 0.3) is 0 Å². The summed E-state index contributed by atoms with van der Waals surface area (Å²) in [6, 6.07) is 2.58. The first-order valence-electron chi connectivity index (χ1n) is 7.19. The van der Waals surface area contributed by atoms with Crippen molar-refractivity contribution in [1.82, 2.24) is 15.3 Å². The molecule has 0 unspecified atom stereocenters. The molecule has 0 radical (unpaired) electrons. The number of alkyl halides is 3. The van der Waals surface area contributed by atoms with Gasteiger partial charge in [-0.1, -0.05) is 0 Å². The average molecular weight is 420 g/mol. The van der Waals surface area contributed by atoms with Crippen molar-refractivity contribution in [2.75, 3.05) is 11.3 Å². The quantitative estimate of drug-likeness (QED) is 0.527. The molecule has 2 aromatic rings. The van der Waals surface area contributed by atoms with E-state index in [2.05, 4.69) is 4.98 Å². The number of carbonyl (C=O) groups excluding carboxylic acids is 1. The molecule has 1 aromatic carbocycles. The molecule has 0 bridgehead atoms. The number of carboxylic acids is 1. The van der Waals surface area contributed by atoms with Crippen molar-refractivity contribution in [3.05, 3.63) is 51.9 Å². The van der Waals surface area contributed by atoms with Crippen LogP contribution in [0.5, 0.6) is 0 Å². The van der Waals surface area contributed by atoms with Gasteiger partial charge in [-0.15, -0.1) is 0 Å². The van der Waals surface area contributed by atoms with Gasteiger partial charge in [0.15, 0.2) is 0 Å². The Balaban J connectivity index is 2.20. The highest BCUT2D eigenvalue weighted by atomic mass is 32.2. The summed E-state index contributed by atoms with van der Waals surface area (Å²) in [6.07, 6.45) is -3.93. The highest BCUT2D eigenvalue weighted by molar-refractivity contribution is 7.92. The number of nitrogens with zero attached hydrogens (tertiary/aromatic N) is 1. The van der Waals surface area contributed by atoms with Crippen LogP contribution in [0.15, 0.2) is 40.2 Å². The van der Waals surface area contributed by atoms with Crippen molar-refractivity contribution < 1.29 is 36.3 Å². The Labute approximate surface area is 154 Å². The van der Waals surface area contributed by atoms with E-state index in [0.717, 1.165) is 12.1 Å². The fourth-order valence-electron chi connectivity index (χ4n) is 1.87. The number of halogens is 3. The van der Waals surface area contributed by atoms with Gasteiger partial charge in [-0.3, -0.25) is 19.4 Å². The summed E-state index contributed by atoms with van der Waals surface area (Å²) in [4.78, 5) is 38.8. The number of hydrogen-bond acceptors (Lipinski definition) is 6. The molecule has 0 saturated carbocycles. The lowest BCUT2D eigenvalue weighted by atomic mass is 10.2. The smallest absolute Gasteiger partial charge is 0.416 e. The van der Waals surface area contributed by atoms with Crippen LogP contribution in [0, 0.1) is 0 Å². The lowest BCUT2D eigenvalue weighted by Crippen LogP contribution is -2.34. The molecule has 10 nitrogen and oxygen atoms in total. The number of nitrogens with one attached hydrogen (secondary N) is 3. The van der Waals surface area contributed by atoms with Crippen LogP contribution in [0.3, 0.4) is 0 Å². The fraction of sp³-hybridized carbons (Fsp3) is 0.143. The third kappa shape index (κ3) is 5.06. The maximum absolute atomic E-state index is 12.5. The zero-order chi connectivity index (χ0) is 21.1. The predicted octanol–water partition coefficient (Wildman–Crippen LogP) is 0.404. The van der Waals surface area contributed by atoms with Crippen LogP contribution < -0.4 is 15.6 Å². The summed E-state index contributed by atoms with van der Waals surface area (Å²) in [7, 11) is -4.38. The molecule has 0 aliphatic carbocycles. The van der Waals surface area contributed by atoms with Crippen molar-refractivity contribution in [2.24, 2.45) is 0 Å². The molecule has 0 fully saturated rings. The van der Waals surface area contributed by atoms with Crippen molar-refractivity contribution in [2.45, 2.75) is 11.1 Å². The second-order valence-electron chi connectivity index (χ2n) is 5.18. The first kappa shape index (κ1) is 20.9. The number of aliphatic carboxylic acids is 1. The molecule has 1 heterocycles. The van der Waals surface area contributed by atoms with Gasteiger partial charge in [0.2, 0.25) is 5.95 Å². The topological polar surface area (TPSA) is 158 Å². The van der Waals surface area contributed by atoms with Crippen LogP contribution >= 0.6 is 0 Å². The normalized spacial score (nSPS) is 11.7. The summed E-state index contributed by atoms with van der Waals surface area (Å²) in [5.74, 6) is -2.99. The minimum atomic E-state index is -4.64. The molecule has 0 atom stereocenters. The third-order valence-corrected chi connectivity index (χ3v) is 4.52. The van der Waals surface area contributed by atoms with E-state index in [9.17, 15) is 36.0 Å². The number of amides is 1. The van der Waals surface area contributed by atoms with Gasteiger partial charge in [-0.25, -0.2) is 18.1 Å². The Morgan fingerprint density at radius 2 is 1.79 bits per heavy atom. The zero-order valence-corrected chi connectivity index (χ0v) is 14.4. The van der Waals surface area contributed by atoms with Crippen molar-refractivity contribution in [3.63, 3.8) is 0 Å². The molecule has 0 aliphatic rings. The Bertz CT molecular complexity index is 1060. The molecular weight excluding hydrogens is 409 g/mol. The monoisotopic (exact) mass is 420 g/mol. The molecule has 1 aromatic heterocycles. The van der Waals surface area contributed by atoms with Gasteiger partial charge in [0, 0.05) is 6.20 Å². The van der Waals surface area contributed by atoms with Crippen molar-refractivity contribution in [3.8, 4) is 0 Å². The fourth-order valence-corrected chi connectivity index (χ4v) is 2.84. The Morgan fingerprint density at radius 3 is 2.29 bits per heavy atom. The van der Waals surface area contributed by atoms with Gasteiger partial charge in [0.1, 0.15) is 12.1 Å². The molecule has 0 spiro atoms. The van der Waals surface area contributed by atoms with Crippen LogP contribution in [-0.4, -0.2) is 41.9 Å².